The Morgan fingerprint density at radius 2 is 2.23 bits per heavy atom. The fraction of sp³-hybridized carbons (Fsp3) is 0.778. The molecule has 0 aromatic carbocycles. The summed E-state index contributed by atoms with van der Waals surface area (Å²) in [6.45, 7) is 2.28. The Morgan fingerprint density at radius 1 is 1.54 bits per heavy atom. The van der Waals surface area contributed by atoms with E-state index in [1.807, 2.05) is 0 Å². The second-order valence-corrected chi connectivity index (χ2v) is 4.17. The van der Waals surface area contributed by atoms with Crippen molar-refractivity contribution in [2.75, 3.05) is 0 Å². The highest BCUT2D eigenvalue weighted by molar-refractivity contribution is 5.04. The van der Waals surface area contributed by atoms with Crippen molar-refractivity contribution < 1.29 is 0 Å². The first-order valence-electron chi connectivity index (χ1n) is 4.85. The first kappa shape index (κ1) is 8.69. The third kappa shape index (κ3) is 1.58. The number of hydrogen-bond donors (Lipinski definition) is 2. The van der Waals surface area contributed by atoms with Gasteiger partial charge in [0.2, 0.25) is 0 Å². The Balaban J connectivity index is 2.13. The molecule has 1 aliphatic carbocycles. The SMILES string of the molecule is CC1CCC(N)(c2ncn[nH]2)CC1. The average Bonchev–Trinajstić information content (AvgIpc) is 2.63. The van der Waals surface area contributed by atoms with E-state index in [1.54, 1.807) is 0 Å². The summed E-state index contributed by atoms with van der Waals surface area (Å²) in [4.78, 5) is 4.15. The summed E-state index contributed by atoms with van der Waals surface area (Å²) < 4.78 is 0. The molecular formula is C9H16N4. The maximum Gasteiger partial charge on any atom is 0.144 e. The maximum absolute atomic E-state index is 6.25. The fourth-order valence-electron chi connectivity index (χ4n) is 1.96. The lowest BCUT2D eigenvalue weighted by Gasteiger charge is -2.33. The largest absolute Gasteiger partial charge is 0.319 e. The van der Waals surface area contributed by atoms with Crippen LogP contribution in [0, 0.1) is 5.92 Å². The van der Waals surface area contributed by atoms with Crippen LogP contribution in [0.25, 0.3) is 0 Å². The lowest BCUT2D eigenvalue weighted by atomic mass is 9.77. The Bertz CT molecular complexity index is 259. The van der Waals surface area contributed by atoms with Gasteiger partial charge in [-0.15, -0.1) is 0 Å². The standard InChI is InChI=1S/C9H16N4/c1-7-2-4-9(10,5-3-7)8-11-6-12-13-8/h6-7H,2-5,10H2,1H3,(H,11,12,13). The first-order valence-corrected chi connectivity index (χ1v) is 4.85. The Morgan fingerprint density at radius 3 is 2.77 bits per heavy atom. The molecule has 72 valence electrons. The number of aromatic nitrogens is 3. The highest BCUT2D eigenvalue weighted by Crippen LogP contribution is 2.35. The summed E-state index contributed by atoms with van der Waals surface area (Å²) in [6.07, 6.45) is 5.95. The molecule has 0 aliphatic heterocycles. The Kier molecular flexibility index (Phi) is 2.07. The van der Waals surface area contributed by atoms with E-state index < -0.39 is 0 Å². The van der Waals surface area contributed by atoms with Gasteiger partial charge in [0.25, 0.3) is 0 Å². The minimum Gasteiger partial charge on any atom is -0.319 e. The smallest absolute Gasteiger partial charge is 0.144 e. The number of nitrogens with zero attached hydrogens (tertiary/aromatic N) is 2. The zero-order valence-corrected chi connectivity index (χ0v) is 7.95. The minimum atomic E-state index is -0.247. The van der Waals surface area contributed by atoms with E-state index in [0.29, 0.717) is 0 Å². The molecule has 0 saturated heterocycles. The van der Waals surface area contributed by atoms with E-state index in [1.165, 1.54) is 19.2 Å². The number of nitrogens with two attached hydrogens (primary N) is 1. The molecule has 0 radical (unpaired) electrons. The van der Waals surface area contributed by atoms with Gasteiger partial charge >= 0.3 is 0 Å². The molecule has 2 rings (SSSR count). The molecule has 13 heavy (non-hydrogen) atoms. The van der Waals surface area contributed by atoms with E-state index in [2.05, 4.69) is 22.1 Å². The molecule has 1 heterocycles. The van der Waals surface area contributed by atoms with Crippen LogP contribution in [0.2, 0.25) is 0 Å². The molecule has 1 saturated carbocycles. The first-order chi connectivity index (χ1) is 6.21. The summed E-state index contributed by atoms with van der Waals surface area (Å²) in [6, 6.07) is 0. The van der Waals surface area contributed by atoms with Crippen LogP contribution in [0.3, 0.4) is 0 Å². The van der Waals surface area contributed by atoms with Gasteiger partial charge in [-0.3, -0.25) is 5.10 Å². The molecule has 0 amide bonds. The molecule has 1 aromatic rings. The van der Waals surface area contributed by atoms with Gasteiger partial charge in [0, 0.05) is 0 Å². The van der Waals surface area contributed by atoms with Gasteiger partial charge in [-0.1, -0.05) is 6.92 Å². The summed E-state index contributed by atoms with van der Waals surface area (Å²) >= 11 is 0. The number of nitrogens with one attached hydrogen (secondary N) is 1. The molecular weight excluding hydrogens is 164 g/mol. The Labute approximate surface area is 77.9 Å². The second-order valence-electron chi connectivity index (χ2n) is 4.17. The normalized spacial score (nSPS) is 34.8. The summed E-state index contributed by atoms with van der Waals surface area (Å²) in [5.74, 6) is 1.65. The van der Waals surface area contributed by atoms with Gasteiger partial charge in [-0.2, -0.15) is 5.10 Å². The predicted molar refractivity (Wildman–Crippen MR) is 49.9 cm³/mol. The molecule has 1 aliphatic rings. The molecule has 4 heteroatoms. The molecule has 0 spiro atoms. The highest BCUT2D eigenvalue weighted by Gasteiger charge is 2.34. The van der Waals surface area contributed by atoms with Crippen molar-refractivity contribution in [3.63, 3.8) is 0 Å². The van der Waals surface area contributed by atoms with Crippen LogP contribution in [0.1, 0.15) is 38.4 Å². The number of hydrogen-bond acceptors (Lipinski definition) is 3. The van der Waals surface area contributed by atoms with Crippen molar-refractivity contribution in [2.24, 2.45) is 11.7 Å². The Hall–Kier alpha value is -0.900. The van der Waals surface area contributed by atoms with Crippen molar-refractivity contribution in [1.82, 2.24) is 15.2 Å². The van der Waals surface area contributed by atoms with Crippen LogP contribution in [-0.4, -0.2) is 15.2 Å². The summed E-state index contributed by atoms with van der Waals surface area (Å²) in [7, 11) is 0. The third-order valence-electron chi connectivity index (χ3n) is 3.05. The van der Waals surface area contributed by atoms with Crippen molar-refractivity contribution in [3.8, 4) is 0 Å². The van der Waals surface area contributed by atoms with Gasteiger partial charge < -0.3 is 5.73 Å². The molecule has 1 fully saturated rings. The highest BCUT2D eigenvalue weighted by atomic mass is 15.2. The van der Waals surface area contributed by atoms with Crippen molar-refractivity contribution in [3.05, 3.63) is 12.2 Å². The van der Waals surface area contributed by atoms with Crippen LogP contribution < -0.4 is 5.73 Å². The molecule has 1 aromatic heterocycles. The lowest BCUT2D eigenvalue weighted by molar-refractivity contribution is 0.237. The fourth-order valence-corrected chi connectivity index (χ4v) is 1.96. The van der Waals surface area contributed by atoms with Gasteiger partial charge in [0.15, 0.2) is 0 Å². The van der Waals surface area contributed by atoms with Gasteiger partial charge in [0.05, 0.1) is 5.54 Å². The quantitative estimate of drug-likeness (QED) is 0.681. The van der Waals surface area contributed by atoms with E-state index in [9.17, 15) is 0 Å². The van der Waals surface area contributed by atoms with E-state index in [4.69, 9.17) is 5.73 Å². The second kappa shape index (κ2) is 3.10. The van der Waals surface area contributed by atoms with Gasteiger partial charge in [-0.25, -0.2) is 4.98 Å². The maximum atomic E-state index is 6.25. The predicted octanol–water partition coefficient (Wildman–Crippen LogP) is 1.17. The number of aromatic amines is 1. The third-order valence-corrected chi connectivity index (χ3v) is 3.05. The van der Waals surface area contributed by atoms with Crippen LogP contribution in [0.4, 0.5) is 0 Å². The van der Waals surface area contributed by atoms with Crippen molar-refractivity contribution in [1.29, 1.82) is 0 Å². The lowest BCUT2D eigenvalue weighted by Crippen LogP contribution is -2.41. The van der Waals surface area contributed by atoms with Crippen LogP contribution in [0.5, 0.6) is 0 Å². The minimum absolute atomic E-state index is 0.247. The van der Waals surface area contributed by atoms with E-state index in [-0.39, 0.29) is 5.54 Å². The zero-order valence-electron chi connectivity index (χ0n) is 7.95. The molecule has 0 unspecified atom stereocenters. The number of H-pyrrole nitrogens is 1. The molecule has 3 N–H and O–H groups in total. The van der Waals surface area contributed by atoms with E-state index in [0.717, 1.165) is 24.6 Å². The average molecular weight is 180 g/mol. The van der Waals surface area contributed by atoms with Crippen molar-refractivity contribution in [2.45, 2.75) is 38.1 Å². The van der Waals surface area contributed by atoms with Gasteiger partial charge in [0.1, 0.15) is 12.2 Å². The monoisotopic (exact) mass is 180 g/mol. The topological polar surface area (TPSA) is 67.6 Å². The van der Waals surface area contributed by atoms with Crippen LogP contribution in [0.15, 0.2) is 6.33 Å². The molecule has 4 nitrogen and oxygen atoms in total. The van der Waals surface area contributed by atoms with E-state index >= 15 is 0 Å². The summed E-state index contributed by atoms with van der Waals surface area (Å²) in [5.41, 5.74) is 6.01. The van der Waals surface area contributed by atoms with Gasteiger partial charge in [-0.05, 0) is 31.6 Å². The van der Waals surface area contributed by atoms with Crippen LogP contribution >= 0.6 is 0 Å². The number of rotatable bonds is 1. The van der Waals surface area contributed by atoms with Crippen LogP contribution in [-0.2, 0) is 5.54 Å². The zero-order chi connectivity index (χ0) is 9.31. The van der Waals surface area contributed by atoms with Crippen molar-refractivity contribution >= 4 is 0 Å². The summed E-state index contributed by atoms with van der Waals surface area (Å²) in [5, 5.41) is 6.72. The molecule has 0 bridgehead atoms. The molecule has 0 atom stereocenters.